The summed E-state index contributed by atoms with van der Waals surface area (Å²) in [5.74, 6) is -1.14. The van der Waals surface area contributed by atoms with Gasteiger partial charge in [-0.2, -0.15) is 0 Å². The van der Waals surface area contributed by atoms with Gasteiger partial charge in [0.05, 0.1) is 12.1 Å². The fourth-order valence-corrected chi connectivity index (χ4v) is 3.34. The van der Waals surface area contributed by atoms with E-state index in [1.54, 1.807) is 6.07 Å². The molecule has 2 aromatic rings. The van der Waals surface area contributed by atoms with Crippen LogP contribution in [-0.2, 0) is 10.3 Å². The normalized spacial score (nSPS) is 17.7. The summed E-state index contributed by atoms with van der Waals surface area (Å²) in [6.07, 6.45) is 1.42. The topological polar surface area (TPSA) is 58.6 Å². The Morgan fingerprint density at radius 3 is 2.44 bits per heavy atom. The molecule has 3 rings (SSSR count). The summed E-state index contributed by atoms with van der Waals surface area (Å²) >= 11 is 0. The van der Waals surface area contributed by atoms with E-state index in [9.17, 15) is 14.3 Å². The lowest BCUT2D eigenvalue weighted by molar-refractivity contribution is -0.0680. The monoisotopic (exact) mass is 343 g/mol. The SMILES string of the molecule is O=C(NC[C@](O)(c1ccccc1)C1CCOCC1)c1ccccc1F. The summed E-state index contributed by atoms with van der Waals surface area (Å²) in [5.41, 5.74) is -0.494. The van der Waals surface area contributed by atoms with E-state index in [-0.39, 0.29) is 18.0 Å². The Kier molecular flexibility index (Phi) is 5.46. The Hall–Kier alpha value is -2.24. The van der Waals surface area contributed by atoms with E-state index in [4.69, 9.17) is 4.74 Å². The highest BCUT2D eigenvalue weighted by atomic mass is 19.1. The Bertz CT molecular complexity index is 716. The van der Waals surface area contributed by atoms with E-state index < -0.39 is 17.3 Å². The quantitative estimate of drug-likeness (QED) is 0.878. The number of halogens is 1. The number of carbonyl (C=O) groups excluding carboxylic acids is 1. The molecule has 1 fully saturated rings. The van der Waals surface area contributed by atoms with Crippen molar-refractivity contribution in [3.63, 3.8) is 0 Å². The average Bonchev–Trinajstić information content (AvgIpc) is 2.67. The van der Waals surface area contributed by atoms with Gasteiger partial charge in [-0.1, -0.05) is 42.5 Å². The second-order valence-corrected chi connectivity index (χ2v) is 6.34. The number of nitrogens with one attached hydrogen (secondary N) is 1. The first-order valence-corrected chi connectivity index (χ1v) is 8.49. The van der Waals surface area contributed by atoms with E-state index in [2.05, 4.69) is 5.32 Å². The third-order valence-electron chi connectivity index (χ3n) is 4.81. The summed E-state index contributed by atoms with van der Waals surface area (Å²) in [7, 11) is 0. The van der Waals surface area contributed by atoms with E-state index in [1.165, 1.54) is 18.2 Å². The van der Waals surface area contributed by atoms with Gasteiger partial charge in [-0.15, -0.1) is 0 Å². The van der Waals surface area contributed by atoms with Crippen LogP contribution in [0.1, 0.15) is 28.8 Å². The Labute approximate surface area is 146 Å². The molecule has 25 heavy (non-hydrogen) atoms. The van der Waals surface area contributed by atoms with Gasteiger partial charge in [0.15, 0.2) is 0 Å². The number of ether oxygens (including phenoxy) is 1. The number of amides is 1. The Morgan fingerprint density at radius 2 is 1.76 bits per heavy atom. The van der Waals surface area contributed by atoms with Crippen molar-refractivity contribution in [3.8, 4) is 0 Å². The molecule has 1 heterocycles. The minimum Gasteiger partial charge on any atom is -0.383 e. The highest BCUT2D eigenvalue weighted by molar-refractivity contribution is 5.94. The van der Waals surface area contributed by atoms with E-state index in [0.29, 0.717) is 26.1 Å². The maximum atomic E-state index is 13.8. The van der Waals surface area contributed by atoms with E-state index in [0.717, 1.165) is 5.56 Å². The van der Waals surface area contributed by atoms with Crippen molar-refractivity contribution in [1.82, 2.24) is 5.32 Å². The van der Waals surface area contributed by atoms with Gasteiger partial charge < -0.3 is 15.2 Å². The zero-order valence-electron chi connectivity index (χ0n) is 14.0. The van der Waals surface area contributed by atoms with Crippen molar-refractivity contribution in [2.24, 2.45) is 5.92 Å². The molecule has 0 saturated carbocycles. The molecule has 0 aliphatic carbocycles. The van der Waals surface area contributed by atoms with Crippen LogP contribution in [-0.4, -0.2) is 30.8 Å². The molecule has 0 aromatic heterocycles. The second kappa shape index (κ2) is 7.76. The van der Waals surface area contributed by atoms with Gasteiger partial charge in [-0.3, -0.25) is 4.79 Å². The summed E-state index contributed by atoms with van der Waals surface area (Å²) in [6.45, 7) is 1.19. The zero-order valence-corrected chi connectivity index (χ0v) is 14.0. The molecule has 5 heteroatoms. The third-order valence-corrected chi connectivity index (χ3v) is 4.81. The van der Waals surface area contributed by atoms with Gasteiger partial charge in [0.2, 0.25) is 0 Å². The lowest BCUT2D eigenvalue weighted by Crippen LogP contribution is -2.47. The van der Waals surface area contributed by atoms with Gasteiger partial charge in [-0.05, 0) is 36.5 Å². The van der Waals surface area contributed by atoms with Crippen LogP contribution >= 0.6 is 0 Å². The van der Waals surface area contributed by atoms with Gasteiger partial charge in [0.1, 0.15) is 11.4 Å². The summed E-state index contributed by atoms with van der Waals surface area (Å²) in [6, 6.07) is 15.1. The average molecular weight is 343 g/mol. The predicted molar refractivity (Wildman–Crippen MR) is 92.6 cm³/mol. The van der Waals surface area contributed by atoms with Crippen LogP contribution < -0.4 is 5.32 Å². The first kappa shape index (κ1) is 17.6. The molecule has 0 radical (unpaired) electrons. The molecule has 0 spiro atoms. The minimum absolute atomic E-state index is 0.0227. The van der Waals surface area contributed by atoms with Crippen LogP contribution in [0.2, 0.25) is 0 Å². The molecule has 0 unspecified atom stereocenters. The summed E-state index contributed by atoms with van der Waals surface area (Å²) < 4.78 is 19.2. The van der Waals surface area contributed by atoms with Crippen LogP contribution in [0.3, 0.4) is 0 Å². The number of hydrogen-bond acceptors (Lipinski definition) is 3. The number of hydrogen-bond donors (Lipinski definition) is 2. The minimum atomic E-state index is -1.22. The molecular weight excluding hydrogens is 321 g/mol. The Balaban J connectivity index is 1.80. The van der Waals surface area contributed by atoms with Gasteiger partial charge in [0, 0.05) is 13.2 Å². The maximum Gasteiger partial charge on any atom is 0.254 e. The van der Waals surface area contributed by atoms with Crippen LogP contribution in [0.4, 0.5) is 4.39 Å². The highest BCUT2D eigenvalue weighted by Crippen LogP contribution is 2.35. The molecular formula is C20H22FNO3. The van der Waals surface area contributed by atoms with E-state index >= 15 is 0 Å². The Morgan fingerprint density at radius 1 is 1.12 bits per heavy atom. The number of aliphatic hydroxyl groups is 1. The predicted octanol–water partition coefficient (Wildman–Crippen LogP) is 2.87. The summed E-state index contributed by atoms with van der Waals surface area (Å²) in [4.78, 5) is 12.3. The van der Waals surface area contributed by atoms with Gasteiger partial charge in [-0.25, -0.2) is 4.39 Å². The van der Waals surface area contributed by atoms with Crippen LogP contribution in [0.5, 0.6) is 0 Å². The number of benzene rings is 2. The molecule has 2 aromatic carbocycles. The molecule has 4 nitrogen and oxygen atoms in total. The lowest BCUT2D eigenvalue weighted by atomic mass is 9.77. The fourth-order valence-electron chi connectivity index (χ4n) is 3.34. The molecule has 1 atom stereocenters. The van der Waals surface area contributed by atoms with Crippen molar-refractivity contribution >= 4 is 5.91 Å². The molecule has 132 valence electrons. The van der Waals surface area contributed by atoms with Crippen molar-refractivity contribution in [2.45, 2.75) is 18.4 Å². The smallest absolute Gasteiger partial charge is 0.254 e. The standard InChI is InChI=1S/C20H22FNO3/c21-18-9-5-4-8-17(18)19(23)22-14-20(24,15-6-2-1-3-7-15)16-10-12-25-13-11-16/h1-9,16,24H,10-14H2,(H,22,23)/t20-/m0/s1. The number of rotatable bonds is 5. The largest absolute Gasteiger partial charge is 0.383 e. The van der Waals surface area contributed by atoms with Gasteiger partial charge in [0.25, 0.3) is 5.91 Å². The van der Waals surface area contributed by atoms with Crippen molar-refractivity contribution in [2.75, 3.05) is 19.8 Å². The second-order valence-electron chi connectivity index (χ2n) is 6.34. The molecule has 1 aliphatic rings. The molecule has 0 bridgehead atoms. The molecule has 2 N–H and O–H groups in total. The first-order valence-electron chi connectivity index (χ1n) is 8.49. The first-order chi connectivity index (χ1) is 12.1. The molecule has 1 aliphatic heterocycles. The van der Waals surface area contributed by atoms with Crippen LogP contribution in [0.25, 0.3) is 0 Å². The van der Waals surface area contributed by atoms with Gasteiger partial charge >= 0.3 is 0 Å². The lowest BCUT2D eigenvalue weighted by Gasteiger charge is -2.39. The van der Waals surface area contributed by atoms with E-state index in [1.807, 2.05) is 30.3 Å². The van der Waals surface area contributed by atoms with Crippen molar-refractivity contribution in [1.29, 1.82) is 0 Å². The molecule has 1 amide bonds. The van der Waals surface area contributed by atoms with Crippen LogP contribution in [0, 0.1) is 11.7 Å². The van der Waals surface area contributed by atoms with Crippen LogP contribution in [0.15, 0.2) is 54.6 Å². The summed E-state index contributed by atoms with van der Waals surface area (Å²) in [5, 5.41) is 14.1. The zero-order chi connectivity index (χ0) is 17.7. The third kappa shape index (κ3) is 3.89. The number of carbonyl (C=O) groups is 1. The van der Waals surface area contributed by atoms with Crippen molar-refractivity contribution < 1.29 is 19.0 Å². The highest BCUT2D eigenvalue weighted by Gasteiger charge is 2.39. The van der Waals surface area contributed by atoms with Crippen molar-refractivity contribution in [3.05, 3.63) is 71.5 Å². The molecule has 1 saturated heterocycles. The maximum absolute atomic E-state index is 13.8. The fraction of sp³-hybridized carbons (Fsp3) is 0.350.